The Balaban J connectivity index is 1.54. The van der Waals surface area contributed by atoms with Gasteiger partial charge in [-0.15, -0.1) is 0 Å². The van der Waals surface area contributed by atoms with Crippen LogP contribution < -0.4 is 10.6 Å². The van der Waals surface area contributed by atoms with Gasteiger partial charge in [-0.2, -0.15) is 0 Å². The number of pyridine rings is 1. The fourth-order valence-corrected chi connectivity index (χ4v) is 4.12. The number of aromatic nitrogens is 2. The van der Waals surface area contributed by atoms with Gasteiger partial charge in [-0.05, 0) is 31.0 Å². The Labute approximate surface area is 204 Å². The molecule has 0 bridgehead atoms. The van der Waals surface area contributed by atoms with Crippen LogP contribution in [0.1, 0.15) is 39.1 Å². The van der Waals surface area contributed by atoms with Gasteiger partial charge in [0.25, 0.3) is 5.91 Å². The molecular weight excluding hydrogens is 483 g/mol. The van der Waals surface area contributed by atoms with Crippen molar-refractivity contribution in [2.24, 2.45) is 5.92 Å². The van der Waals surface area contributed by atoms with Crippen LogP contribution in [0.3, 0.4) is 0 Å². The maximum Gasteiger partial charge on any atom is 0.251 e. The number of fused-ring (bicyclic) bond motifs is 1. The lowest BCUT2D eigenvalue weighted by Gasteiger charge is -2.10. The summed E-state index contributed by atoms with van der Waals surface area (Å²) < 4.78 is 5.10. The molecule has 11 heteroatoms. The highest BCUT2D eigenvalue weighted by Crippen LogP contribution is 2.34. The number of ketones is 1. The van der Waals surface area contributed by atoms with Gasteiger partial charge >= 0.3 is 0 Å². The molecule has 4 rings (SSSR count). The number of H-pyrrole nitrogens is 1. The zero-order chi connectivity index (χ0) is 24.2. The Hall–Kier alpha value is -2.98. The molecule has 34 heavy (non-hydrogen) atoms. The number of amides is 2. The molecule has 1 saturated carbocycles. The topological polar surface area (TPSA) is 133 Å². The van der Waals surface area contributed by atoms with Gasteiger partial charge < -0.3 is 25.5 Å². The summed E-state index contributed by atoms with van der Waals surface area (Å²) >= 11 is 12.7. The number of aromatic amines is 1. The molecule has 2 aromatic heterocycles. The van der Waals surface area contributed by atoms with Crippen LogP contribution in [0, 0.1) is 5.92 Å². The predicted octanol–water partition coefficient (Wildman–Crippen LogP) is 3.19. The van der Waals surface area contributed by atoms with E-state index in [4.69, 9.17) is 33.0 Å². The molecule has 9 nitrogen and oxygen atoms in total. The summed E-state index contributed by atoms with van der Waals surface area (Å²) in [5.41, 5.74) is 1.09. The number of ether oxygens (including phenoxy) is 1. The summed E-state index contributed by atoms with van der Waals surface area (Å²) in [5.74, 6) is -0.599. The molecule has 178 valence electrons. The highest BCUT2D eigenvalue weighted by molar-refractivity contribution is 6.42. The predicted molar refractivity (Wildman–Crippen MR) is 128 cm³/mol. The van der Waals surface area contributed by atoms with E-state index in [1.807, 2.05) is 0 Å². The highest BCUT2D eigenvalue weighted by Gasteiger charge is 2.30. The molecule has 1 aliphatic rings. The van der Waals surface area contributed by atoms with Gasteiger partial charge in [0.1, 0.15) is 0 Å². The first-order valence-electron chi connectivity index (χ1n) is 10.7. The number of nitrogens with one attached hydrogen (secondary N) is 3. The van der Waals surface area contributed by atoms with E-state index >= 15 is 0 Å². The molecule has 0 saturated heterocycles. The van der Waals surface area contributed by atoms with Crippen molar-refractivity contribution in [3.8, 4) is 0 Å². The van der Waals surface area contributed by atoms with Crippen molar-refractivity contribution in [1.29, 1.82) is 0 Å². The molecule has 0 spiro atoms. The third-order valence-corrected chi connectivity index (χ3v) is 5.93. The maximum atomic E-state index is 13.3. The second kappa shape index (κ2) is 10.5. The standard InChI is InChI=1S/C23H22Cl2N4O5/c24-16-9-13(22(32)27-5-7-34-8-6-30)10-17(25)18(16)20(31)15-11-28-19-14(15)3-4-26-21(19)29-23(33)12-1-2-12/h3-4,9-12,28,30H,1-2,5-8H2,(H,27,32)(H,26,29,33). The van der Waals surface area contributed by atoms with Gasteiger partial charge in [0, 0.05) is 41.4 Å². The van der Waals surface area contributed by atoms with Crippen molar-refractivity contribution >= 4 is 57.5 Å². The SMILES string of the molecule is O=C(NCCOCCO)c1cc(Cl)c(C(=O)c2c[nH]c3c(NC(=O)C4CC4)nccc23)c(Cl)c1. The van der Waals surface area contributed by atoms with Crippen LogP contribution in [0.15, 0.2) is 30.6 Å². The van der Waals surface area contributed by atoms with Gasteiger partial charge in [-0.1, -0.05) is 23.2 Å². The lowest BCUT2D eigenvalue weighted by molar-refractivity contribution is -0.117. The first-order chi connectivity index (χ1) is 16.4. The van der Waals surface area contributed by atoms with E-state index in [9.17, 15) is 14.4 Å². The highest BCUT2D eigenvalue weighted by atomic mass is 35.5. The second-order valence-electron chi connectivity index (χ2n) is 7.78. The monoisotopic (exact) mass is 504 g/mol. The van der Waals surface area contributed by atoms with E-state index < -0.39 is 11.7 Å². The van der Waals surface area contributed by atoms with Gasteiger partial charge in [0.05, 0.1) is 40.9 Å². The fraction of sp³-hybridized carbons (Fsp3) is 0.304. The third-order valence-electron chi connectivity index (χ3n) is 5.34. The molecule has 2 heterocycles. The lowest BCUT2D eigenvalue weighted by atomic mass is 10.0. The van der Waals surface area contributed by atoms with E-state index in [-0.39, 0.29) is 59.4 Å². The Bertz CT molecular complexity index is 1230. The summed E-state index contributed by atoms with van der Waals surface area (Å²) in [6, 6.07) is 4.42. The second-order valence-corrected chi connectivity index (χ2v) is 8.60. The molecule has 1 fully saturated rings. The Morgan fingerprint density at radius 2 is 1.91 bits per heavy atom. The third kappa shape index (κ3) is 5.23. The quantitative estimate of drug-likeness (QED) is 0.247. The number of anilines is 1. The van der Waals surface area contributed by atoms with E-state index in [1.165, 1.54) is 24.5 Å². The van der Waals surface area contributed by atoms with Crippen LogP contribution in [0.25, 0.3) is 10.9 Å². The van der Waals surface area contributed by atoms with Crippen LogP contribution in [0.5, 0.6) is 0 Å². The molecule has 0 unspecified atom stereocenters. The summed E-state index contributed by atoms with van der Waals surface area (Å²) in [6.45, 7) is 0.557. The number of halogens is 2. The number of hydrogen-bond acceptors (Lipinski definition) is 6. The van der Waals surface area contributed by atoms with Gasteiger partial charge in [0.15, 0.2) is 11.6 Å². The molecule has 1 aliphatic carbocycles. The number of hydrogen-bond donors (Lipinski definition) is 4. The number of aliphatic hydroxyl groups excluding tert-OH is 1. The number of nitrogens with zero attached hydrogens (tertiary/aromatic N) is 1. The van der Waals surface area contributed by atoms with Crippen molar-refractivity contribution in [3.63, 3.8) is 0 Å². The first-order valence-corrected chi connectivity index (χ1v) is 11.4. The zero-order valence-electron chi connectivity index (χ0n) is 18.0. The van der Waals surface area contributed by atoms with Gasteiger partial charge in [-0.3, -0.25) is 14.4 Å². The summed E-state index contributed by atoms with van der Waals surface area (Å²) in [4.78, 5) is 45.1. The molecule has 0 aliphatic heterocycles. The average Bonchev–Trinajstić information content (AvgIpc) is 3.57. The van der Waals surface area contributed by atoms with E-state index in [0.29, 0.717) is 22.3 Å². The number of aliphatic hydroxyl groups is 1. The van der Waals surface area contributed by atoms with Crippen LogP contribution in [-0.2, 0) is 9.53 Å². The van der Waals surface area contributed by atoms with Crippen LogP contribution in [-0.4, -0.2) is 59.0 Å². The molecule has 1 aromatic carbocycles. The molecule has 2 amide bonds. The van der Waals surface area contributed by atoms with Crippen molar-refractivity contribution in [2.75, 3.05) is 31.7 Å². The van der Waals surface area contributed by atoms with E-state index in [2.05, 4.69) is 20.6 Å². The molecule has 3 aromatic rings. The Kier molecular flexibility index (Phi) is 7.47. The smallest absolute Gasteiger partial charge is 0.251 e. The minimum atomic E-state index is -0.434. The molecule has 0 radical (unpaired) electrons. The maximum absolute atomic E-state index is 13.3. The molecule has 4 N–H and O–H groups in total. The van der Waals surface area contributed by atoms with Crippen LogP contribution >= 0.6 is 23.2 Å². The summed E-state index contributed by atoms with van der Waals surface area (Å²) in [7, 11) is 0. The van der Waals surface area contributed by atoms with Crippen molar-refractivity contribution < 1.29 is 24.2 Å². The largest absolute Gasteiger partial charge is 0.394 e. The van der Waals surface area contributed by atoms with E-state index in [1.54, 1.807) is 6.07 Å². The average molecular weight is 505 g/mol. The summed E-state index contributed by atoms with van der Waals surface area (Å²) in [5, 5.41) is 14.8. The number of benzene rings is 1. The number of rotatable bonds is 10. The van der Waals surface area contributed by atoms with E-state index in [0.717, 1.165) is 12.8 Å². The van der Waals surface area contributed by atoms with Crippen molar-refractivity contribution in [3.05, 3.63) is 57.3 Å². The zero-order valence-corrected chi connectivity index (χ0v) is 19.5. The fourth-order valence-electron chi connectivity index (χ4n) is 3.46. The normalized spacial score (nSPS) is 13.1. The van der Waals surface area contributed by atoms with Crippen LogP contribution in [0.2, 0.25) is 10.0 Å². The van der Waals surface area contributed by atoms with Gasteiger partial charge in [-0.25, -0.2) is 4.98 Å². The van der Waals surface area contributed by atoms with Gasteiger partial charge in [0.2, 0.25) is 5.91 Å². The minimum absolute atomic E-state index is 0.00881. The molecular formula is C23H22Cl2N4O5. The first kappa shape index (κ1) is 24.2. The Morgan fingerprint density at radius 3 is 2.59 bits per heavy atom. The van der Waals surface area contributed by atoms with Crippen molar-refractivity contribution in [2.45, 2.75) is 12.8 Å². The lowest BCUT2D eigenvalue weighted by Crippen LogP contribution is -2.27. The minimum Gasteiger partial charge on any atom is -0.394 e. The summed E-state index contributed by atoms with van der Waals surface area (Å²) in [6.07, 6.45) is 4.75. The Morgan fingerprint density at radius 1 is 1.18 bits per heavy atom. The number of carbonyl (C=O) groups is 3. The van der Waals surface area contributed by atoms with Crippen molar-refractivity contribution in [1.82, 2.24) is 15.3 Å². The molecule has 0 atom stereocenters. The number of carbonyl (C=O) groups excluding carboxylic acids is 3. The van der Waals surface area contributed by atoms with Crippen LogP contribution in [0.4, 0.5) is 5.82 Å².